The van der Waals surface area contributed by atoms with Crippen LogP contribution in [0.15, 0.2) is 6.20 Å². The largest absolute Gasteiger partial charge is 0.328 e. The Kier molecular flexibility index (Phi) is 2.28. The number of rotatable bonds is 1. The molecule has 2 unspecified atom stereocenters. The van der Waals surface area contributed by atoms with Crippen LogP contribution in [0.4, 0.5) is 0 Å². The Balaban J connectivity index is 1.93. The molecule has 15 heavy (non-hydrogen) atoms. The fraction of sp³-hybridized carbons (Fsp3) is 0.750. The Morgan fingerprint density at radius 2 is 2.33 bits per heavy atom. The summed E-state index contributed by atoms with van der Waals surface area (Å²) in [5.74, 6) is 1.20. The minimum absolute atomic E-state index is 0.666. The van der Waals surface area contributed by atoms with E-state index in [1.807, 2.05) is 0 Å². The highest BCUT2D eigenvalue weighted by atomic mass is 15.2. The predicted octanol–water partition coefficient (Wildman–Crippen LogP) is 1.82. The van der Waals surface area contributed by atoms with Gasteiger partial charge in [0.15, 0.2) is 0 Å². The van der Waals surface area contributed by atoms with E-state index in [0.29, 0.717) is 12.1 Å². The lowest BCUT2D eigenvalue weighted by atomic mass is 9.95. The number of hydrogen-bond acceptors (Lipinski definition) is 2. The zero-order valence-corrected chi connectivity index (χ0v) is 9.37. The van der Waals surface area contributed by atoms with Crippen LogP contribution in [0.5, 0.6) is 0 Å². The minimum atomic E-state index is 0.666. The Bertz CT molecular complexity index is 350. The molecule has 0 amide bonds. The maximum absolute atomic E-state index is 4.46. The standard InChI is InChI=1S/C12H19N3/c1-9-14-8-10-4-2-6-12(15(9)10)11-5-3-7-13-11/h8,11-13H,2-7H2,1H3. The molecule has 2 aliphatic heterocycles. The van der Waals surface area contributed by atoms with Crippen molar-refractivity contribution in [1.29, 1.82) is 0 Å². The quantitative estimate of drug-likeness (QED) is 0.758. The van der Waals surface area contributed by atoms with Gasteiger partial charge in [-0.05, 0) is 45.6 Å². The number of nitrogens with one attached hydrogen (secondary N) is 1. The highest BCUT2D eigenvalue weighted by Crippen LogP contribution is 2.31. The molecule has 82 valence electrons. The van der Waals surface area contributed by atoms with Gasteiger partial charge in [-0.25, -0.2) is 4.98 Å². The second kappa shape index (κ2) is 3.63. The van der Waals surface area contributed by atoms with Crippen molar-refractivity contribution in [1.82, 2.24) is 14.9 Å². The molecule has 3 heteroatoms. The lowest BCUT2D eigenvalue weighted by molar-refractivity contribution is 0.315. The molecule has 2 atom stereocenters. The van der Waals surface area contributed by atoms with Crippen LogP contribution in [0.1, 0.15) is 43.2 Å². The Morgan fingerprint density at radius 3 is 3.13 bits per heavy atom. The summed E-state index contributed by atoms with van der Waals surface area (Å²) in [6.07, 6.45) is 8.60. The van der Waals surface area contributed by atoms with Gasteiger partial charge in [0.1, 0.15) is 5.82 Å². The molecule has 1 saturated heterocycles. The smallest absolute Gasteiger partial charge is 0.106 e. The summed E-state index contributed by atoms with van der Waals surface area (Å²) in [6, 6.07) is 1.36. The summed E-state index contributed by atoms with van der Waals surface area (Å²) in [6.45, 7) is 3.33. The number of aryl methyl sites for hydroxylation is 2. The molecule has 3 nitrogen and oxygen atoms in total. The van der Waals surface area contributed by atoms with Gasteiger partial charge in [0, 0.05) is 17.9 Å². The Labute approximate surface area is 90.9 Å². The van der Waals surface area contributed by atoms with Crippen LogP contribution < -0.4 is 5.32 Å². The van der Waals surface area contributed by atoms with Gasteiger partial charge in [-0.15, -0.1) is 0 Å². The second-order valence-corrected chi connectivity index (χ2v) is 4.83. The first-order valence-electron chi connectivity index (χ1n) is 6.12. The molecule has 2 aliphatic rings. The van der Waals surface area contributed by atoms with Crippen molar-refractivity contribution in [2.45, 2.75) is 51.1 Å². The average molecular weight is 205 g/mol. The van der Waals surface area contributed by atoms with Crippen LogP contribution in [0.25, 0.3) is 0 Å². The van der Waals surface area contributed by atoms with E-state index in [-0.39, 0.29) is 0 Å². The molecule has 0 spiro atoms. The molecule has 1 N–H and O–H groups in total. The molecule has 1 aromatic rings. The molecular weight excluding hydrogens is 186 g/mol. The van der Waals surface area contributed by atoms with Crippen LogP contribution in [-0.4, -0.2) is 22.1 Å². The fourth-order valence-electron chi connectivity index (χ4n) is 3.18. The molecule has 0 aliphatic carbocycles. The minimum Gasteiger partial charge on any atom is -0.328 e. The van der Waals surface area contributed by atoms with Gasteiger partial charge in [0.25, 0.3) is 0 Å². The molecular formula is C12H19N3. The normalized spacial score (nSPS) is 30.5. The van der Waals surface area contributed by atoms with Crippen molar-refractivity contribution in [3.63, 3.8) is 0 Å². The van der Waals surface area contributed by atoms with E-state index in [1.54, 1.807) is 0 Å². The van der Waals surface area contributed by atoms with Crippen LogP contribution in [0.3, 0.4) is 0 Å². The van der Waals surface area contributed by atoms with E-state index in [0.717, 1.165) is 0 Å². The summed E-state index contributed by atoms with van der Waals surface area (Å²) < 4.78 is 2.48. The number of fused-ring (bicyclic) bond motifs is 1. The number of aromatic nitrogens is 2. The number of nitrogens with zero attached hydrogens (tertiary/aromatic N) is 2. The molecule has 0 saturated carbocycles. The maximum Gasteiger partial charge on any atom is 0.106 e. The lowest BCUT2D eigenvalue weighted by Gasteiger charge is -2.31. The molecule has 1 aromatic heterocycles. The highest BCUT2D eigenvalue weighted by Gasteiger charge is 2.30. The molecule has 1 fully saturated rings. The van der Waals surface area contributed by atoms with E-state index in [1.165, 1.54) is 50.2 Å². The molecule has 3 heterocycles. The van der Waals surface area contributed by atoms with E-state index in [4.69, 9.17) is 0 Å². The third kappa shape index (κ3) is 1.49. The zero-order valence-electron chi connectivity index (χ0n) is 9.37. The third-order valence-electron chi connectivity index (χ3n) is 3.89. The Morgan fingerprint density at radius 1 is 1.40 bits per heavy atom. The van der Waals surface area contributed by atoms with Gasteiger partial charge in [-0.3, -0.25) is 0 Å². The van der Waals surface area contributed by atoms with E-state index >= 15 is 0 Å². The topological polar surface area (TPSA) is 29.9 Å². The van der Waals surface area contributed by atoms with Gasteiger partial charge < -0.3 is 9.88 Å². The van der Waals surface area contributed by atoms with Crippen molar-refractivity contribution in [3.05, 3.63) is 17.7 Å². The molecule has 0 aromatic carbocycles. The van der Waals surface area contributed by atoms with Crippen molar-refractivity contribution in [3.8, 4) is 0 Å². The van der Waals surface area contributed by atoms with Gasteiger partial charge in [0.05, 0.1) is 6.04 Å². The summed E-state index contributed by atoms with van der Waals surface area (Å²) >= 11 is 0. The number of hydrogen-bond donors (Lipinski definition) is 1. The first-order valence-corrected chi connectivity index (χ1v) is 6.12. The summed E-state index contributed by atoms with van der Waals surface area (Å²) in [5.41, 5.74) is 1.44. The van der Waals surface area contributed by atoms with Gasteiger partial charge in [-0.2, -0.15) is 0 Å². The monoisotopic (exact) mass is 205 g/mol. The SMILES string of the molecule is Cc1ncc2n1C(C1CCCN1)CCC2. The number of imidazole rings is 1. The van der Waals surface area contributed by atoms with Crippen molar-refractivity contribution < 1.29 is 0 Å². The van der Waals surface area contributed by atoms with Crippen LogP contribution in [0.2, 0.25) is 0 Å². The van der Waals surface area contributed by atoms with E-state index in [9.17, 15) is 0 Å². The van der Waals surface area contributed by atoms with Crippen molar-refractivity contribution in [2.24, 2.45) is 0 Å². The lowest BCUT2D eigenvalue weighted by Crippen LogP contribution is -2.35. The van der Waals surface area contributed by atoms with Crippen molar-refractivity contribution >= 4 is 0 Å². The van der Waals surface area contributed by atoms with E-state index < -0.39 is 0 Å². The molecule has 0 bridgehead atoms. The average Bonchev–Trinajstić information content (AvgIpc) is 2.88. The van der Waals surface area contributed by atoms with Crippen LogP contribution >= 0.6 is 0 Å². The van der Waals surface area contributed by atoms with Gasteiger partial charge >= 0.3 is 0 Å². The van der Waals surface area contributed by atoms with Crippen molar-refractivity contribution in [2.75, 3.05) is 6.54 Å². The van der Waals surface area contributed by atoms with Crippen LogP contribution in [-0.2, 0) is 6.42 Å². The second-order valence-electron chi connectivity index (χ2n) is 4.83. The molecule has 3 rings (SSSR count). The fourth-order valence-corrected chi connectivity index (χ4v) is 3.18. The Hall–Kier alpha value is -0.830. The first kappa shape index (κ1) is 9.40. The van der Waals surface area contributed by atoms with E-state index in [2.05, 4.69) is 28.0 Å². The molecule has 0 radical (unpaired) electrons. The first-order chi connectivity index (χ1) is 7.36. The predicted molar refractivity (Wildman–Crippen MR) is 60.0 cm³/mol. The summed E-state index contributed by atoms with van der Waals surface area (Å²) in [5, 5.41) is 3.64. The maximum atomic E-state index is 4.46. The van der Waals surface area contributed by atoms with Gasteiger partial charge in [-0.1, -0.05) is 0 Å². The van der Waals surface area contributed by atoms with Crippen LogP contribution in [0, 0.1) is 6.92 Å². The van der Waals surface area contributed by atoms with Gasteiger partial charge in [0.2, 0.25) is 0 Å². The summed E-state index contributed by atoms with van der Waals surface area (Å²) in [4.78, 5) is 4.46. The highest BCUT2D eigenvalue weighted by molar-refractivity contribution is 5.11. The summed E-state index contributed by atoms with van der Waals surface area (Å²) in [7, 11) is 0. The third-order valence-corrected chi connectivity index (χ3v) is 3.89. The zero-order chi connectivity index (χ0) is 10.3.